The van der Waals surface area contributed by atoms with Gasteiger partial charge in [0.25, 0.3) is 0 Å². The number of aliphatic hydroxyl groups excluding tert-OH is 1. The monoisotopic (exact) mass is 431 g/mol. The van der Waals surface area contributed by atoms with E-state index in [0.29, 0.717) is 17.9 Å². The predicted molar refractivity (Wildman–Crippen MR) is 108 cm³/mol. The van der Waals surface area contributed by atoms with E-state index < -0.39 is 11.8 Å². The summed E-state index contributed by atoms with van der Waals surface area (Å²) in [6.07, 6.45) is 0.434. The van der Waals surface area contributed by atoms with E-state index in [1.807, 2.05) is 0 Å². The largest absolute Gasteiger partial charge is 0.482 e. The molecule has 164 valence electrons. The van der Waals surface area contributed by atoms with E-state index in [-0.39, 0.29) is 43.8 Å². The number of hydrogen-bond donors (Lipinski definition) is 3. The van der Waals surface area contributed by atoms with Crippen molar-refractivity contribution in [2.45, 2.75) is 19.6 Å². The Hall–Kier alpha value is -3.46. The molecule has 0 spiro atoms. The van der Waals surface area contributed by atoms with Gasteiger partial charge in [0.1, 0.15) is 18.1 Å². The Morgan fingerprint density at radius 1 is 1.13 bits per heavy atom. The minimum Gasteiger partial charge on any atom is -0.482 e. The van der Waals surface area contributed by atoms with Crippen LogP contribution < -0.4 is 15.4 Å². The summed E-state index contributed by atoms with van der Waals surface area (Å²) in [4.78, 5) is 12.0. The zero-order chi connectivity index (χ0) is 22.1. The number of carbonyl (C=O) groups is 1. The Morgan fingerprint density at radius 2 is 1.97 bits per heavy atom. The number of carbonyl (C=O) groups excluding carboxylic acids is 1. The average Bonchev–Trinajstić information content (AvgIpc) is 3.22. The fourth-order valence-electron chi connectivity index (χ4n) is 2.89. The highest BCUT2D eigenvalue weighted by Crippen LogP contribution is 2.17. The second-order valence-corrected chi connectivity index (χ2v) is 6.95. The van der Waals surface area contributed by atoms with Gasteiger partial charge >= 0.3 is 6.03 Å². The van der Waals surface area contributed by atoms with Crippen LogP contribution in [0, 0.1) is 17.6 Å². The van der Waals surface area contributed by atoms with Gasteiger partial charge in [-0.05, 0) is 36.2 Å². The molecule has 7 nitrogen and oxygen atoms in total. The standard InChI is InChI=1S/C22H23F2N3O4/c23-17-5-3-4-15(9-17)8-16(13-28)11-25-22(29)26-12-18-10-19(31-27-18)14-30-21-7-2-1-6-20(21)24/h1-7,9-10,16,28H,8,11-14H2,(H2,25,26,29). The smallest absolute Gasteiger partial charge is 0.315 e. The number of hydrogen-bond acceptors (Lipinski definition) is 5. The molecular formula is C22H23F2N3O4. The molecule has 3 N–H and O–H groups in total. The molecule has 1 atom stereocenters. The van der Waals surface area contributed by atoms with Crippen LogP contribution in [-0.4, -0.2) is 29.4 Å². The highest BCUT2D eigenvalue weighted by Gasteiger charge is 2.12. The van der Waals surface area contributed by atoms with E-state index in [1.165, 1.54) is 24.3 Å². The Bertz CT molecular complexity index is 996. The predicted octanol–water partition coefficient (Wildman–Crippen LogP) is 3.18. The molecule has 0 aliphatic heterocycles. The zero-order valence-corrected chi connectivity index (χ0v) is 16.7. The van der Waals surface area contributed by atoms with E-state index in [1.54, 1.807) is 30.3 Å². The normalized spacial score (nSPS) is 11.7. The van der Waals surface area contributed by atoms with Crippen molar-refractivity contribution in [3.05, 3.63) is 83.2 Å². The van der Waals surface area contributed by atoms with Crippen molar-refractivity contribution >= 4 is 6.03 Å². The summed E-state index contributed by atoms with van der Waals surface area (Å²) < 4.78 is 37.3. The third kappa shape index (κ3) is 7.07. The minimum atomic E-state index is -0.473. The van der Waals surface area contributed by atoms with E-state index >= 15 is 0 Å². The van der Waals surface area contributed by atoms with Crippen LogP contribution in [0.25, 0.3) is 0 Å². The van der Waals surface area contributed by atoms with Crippen LogP contribution in [0.15, 0.2) is 59.1 Å². The molecule has 1 unspecified atom stereocenters. The zero-order valence-electron chi connectivity index (χ0n) is 16.7. The van der Waals surface area contributed by atoms with Crippen molar-refractivity contribution in [2.24, 2.45) is 5.92 Å². The SMILES string of the molecule is O=C(NCc1cc(COc2ccccc2F)on1)NCC(CO)Cc1cccc(F)c1. The highest BCUT2D eigenvalue weighted by molar-refractivity contribution is 5.73. The maximum atomic E-state index is 13.5. The summed E-state index contributed by atoms with van der Waals surface area (Å²) in [6.45, 7) is 0.186. The first kappa shape index (κ1) is 22.2. The van der Waals surface area contributed by atoms with E-state index in [2.05, 4.69) is 15.8 Å². The Balaban J connectivity index is 1.39. The summed E-state index contributed by atoms with van der Waals surface area (Å²) >= 11 is 0. The lowest BCUT2D eigenvalue weighted by Crippen LogP contribution is -2.39. The summed E-state index contributed by atoms with van der Waals surface area (Å²) in [5.41, 5.74) is 1.22. The second-order valence-electron chi connectivity index (χ2n) is 6.95. The summed E-state index contributed by atoms with van der Waals surface area (Å²) in [5, 5.41) is 18.6. The van der Waals surface area contributed by atoms with Gasteiger partial charge in [0.15, 0.2) is 17.3 Å². The molecule has 3 aromatic rings. The van der Waals surface area contributed by atoms with Crippen LogP contribution in [0.2, 0.25) is 0 Å². The van der Waals surface area contributed by atoms with E-state index in [4.69, 9.17) is 9.26 Å². The Kier molecular flexibility index (Phi) is 7.94. The summed E-state index contributed by atoms with van der Waals surface area (Å²) in [7, 11) is 0. The number of benzene rings is 2. The third-order valence-electron chi connectivity index (χ3n) is 4.47. The molecule has 1 aromatic heterocycles. The molecule has 0 bridgehead atoms. The number of para-hydroxylation sites is 1. The first-order chi connectivity index (χ1) is 15.0. The summed E-state index contributed by atoms with van der Waals surface area (Å²) in [6, 6.07) is 13.3. The number of nitrogens with one attached hydrogen (secondary N) is 2. The fraction of sp³-hybridized carbons (Fsp3) is 0.273. The lowest BCUT2D eigenvalue weighted by Gasteiger charge is -2.15. The van der Waals surface area contributed by atoms with Crippen LogP contribution in [0.5, 0.6) is 5.75 Å². The molecule has 1 heterocycles. The number of halogens is 2. The first-order valence-electron chi connectivity index (χ1n) is 9.72. The molecule has 0 aliphatic rings. The minimum absolute atomic E-state index is 0.00160. The molecule has 0 fully saturated rings. The van der Waals surface area contributed by atoms with E-state index in [0.717, 1.165) is 5.56 Å². The molecule has 3 rings (SSSR count). The Labute approximate surface area is 178 Å². The first-order valence-corrected chi connectivity index (χ1v) is 9.72. The van der Waals surface area contributed by atoms with Gasteiger partial charge in [-0.3, -0.25) is 0 Å². The average molecular weight is 431 g/mol. The van der Waals surface area contributed by atoms with Gasteiger partial charge in [0.2, 0.25) is 0 Å². The number of ether oxygens (including phenoxy) is 1. The van der Waals surface area contributed by atoms with Gasteiger partial charge in [0.05, 0.1) is 6.54 Å². The highest BCUT2D eigenvalue weighted by atomic mass is 19.1. The van der Waals surface area contributed by atoms with Crippen LogP contribution in [0.1, 0.15) is 17.0 Å². The third-order valence-corrected chi connectivity index (χ3v) is 4.47. The number of rotatable bonds is 10. The van der Waals surface area contributed by atoms with Crippen molar-refractivity contribution in [1.29, 1.82) is 0 Å². The molecule has 2 amide bonds. The number of aliphatic hydroxyl groups is 1. The van der Waals surface area contributed by atoms with Crippen LogP contribution in [0.3, 0.4) is 0 Å². The molecule has 0 saturated carbocycles. The van der Waals surface area contributed by atoms with Crippen molar-refractivity contribution in [1.82, 2.24) is 15.8 Å². The van der Waals surface area contributed by atoms with Crippen molar-refractivity contribution in [3.8, 4) is 5.75 Å². The number of nitrogens with zero attached hydrogens (tertiary/aromatic N) is 1. The molecule has 2 aromatic carbocycles. The molecule has 0 saturated heterocycles. The molecule has 9 heteroatoms. The number of urea groups is 1. The van der Waals surface area contributed by atoms with Gasteiger partial charge in [-0.15, -0.1) is 0 Å². The van der Waals surface area contributed by atoms with Crippen molar-refractivity contribution < 1.29 is 27.9 Å². The maximum Gasteiger partial charge on any atom is 0.315 e. The topological polar surface area (TPSA) is 96.6 Å². The molecule has 0 radical (unpaired) electrons. The molecular weight excluding hydrogens is 408 g/mol. The lowest BCUT2D eigenvalue weighted by atomic mass is 10.00. The van der Waals surface area contributed by atoms with Gasteiger partial charge in [-0.2, -0.15) is 0 Å². The van der Waals surface area contributed by atoms with Gasteiger partial charge in [0, 0.05) is 25.1 Å². The second kappa shape index (κ2) is 11.1. The fourth-order valence-corrected chi connectivity index (χ4v) is 2.89. The number of amides is 2. The van der Waals surface area contributed by atoms with Crippen molar-refractivity contribution in [3.63, 3.8) is 0 Å². The Morgan fingerprint density at radius 3 is 2.74 bits per heavy atom. The van der Waals surface area contributed by atoms with Gasteiger partial charge in [-0.25, -0.2) is 13.6 Å². The van der Waals surface area contributed by atoms with Gasteiger partial charge in [-0.1, -0.05) is 29.4 Å². The van der Waals surface area contributed by atoms with Crippen LogP contribution >= 0.6 is 0 Å². The van der Waals surface area contributed by atoms with Gasteiger partial charge < -0.3 is 25.0 Å². The molecule has 0 aliphatic carbocycles. The maximum absolute atomic E-state index is 13.5. The van der Waals surface area contributed by atoms with Crippen LogP contribution in [-0.2, 0) is 19.6 Å². The quantitative estimate of drug-likeness (QED) is 0.458. The summed E-state index contributed by atoms with van der Waals surface area (Å²) in [5.74, 6) is -0.572. The van der Waals surface area contributed by atoms with Crippen LogP contribution in [0.4, 0.5) is 13.6 Å². The van der Waals surface area contributed by atoms with E-state index in [9.17, 15) is 18.7 Å². The van der Waals surface area contributed by atoms with Crippen molar-refractivity contribution in [2.75, 3.05) is 13.2 Å². The lowest BCUT2D eigenvalue weighted by molar-refractivity contribution is 0.213. The molecule has 31 heavy (non-hydrogen) atoms. The number of aromatic nitrogens is 1.